The first-order valence-electron chi connectivity index (χ1n) is 6.45. The van der Waals surface area contributed by atoms with Crippen molar-refractivity contribution in [3.8, 4) is 0 Å². The average molecular weight is 365 g/mol. The van der Waals surface area contributed by atoms with Gasteiger partial charge in [0.05, 0.1) is 5.02 Å². The zero-order valence-corrected chi connectivity index (χ0v) is 13.6. The molecule has 1 saturated heterocycles. The molecular formula is C14H16BrCl2NO. The van der Waals surface area contributed by atoms with Crippen molar-refractivity contribution in [2.45, 2.75) is 31.7 Å². The summed E-state index contributed by atoms with van der Waals surface area (Å²) in [6, 6.07) is 5.61. The molecular weight excluding hydrogens is 349 g/mol. The van der Waals surface area contributed by atoms with E-state index in [-0.39, 0.29) is 11.9 Å². The van der Waals surface area contributed by atoms with E-state index in [0.29, 0.717) is 16.5 Å². The van der Waals surface area contributed by atoms with Gasteiger partial charge in [0.2, 0.25) is 0 Å². The molecule has 0 radical (unpaired) electrons. The minimum atomic E-state index is 0.0595. The lowest BCUT2D eigenvalue weighted by Crippen LogP contribution is -2.43. The fourth-order valence-corrected chi connectivity index (χ4v) is 3.17. The molecule has 1 heterocycles. The highest BCUT2D eigenvalue weighted by atomic mass is 79.9. The Hall–Kier alpha value is -0.250. The Morgan fingerprint density at radius 1 is 1.42 bits per heavy atom. The highest BCUT2D eigenvalue weighted by molar-refractivity contribution is 9.10. The summed E-state index contributed by atoms with van der Waals surface area (Å²) in [5, 5.41) is 0.566. The second kappa shape index (κ2) is 6.96. The van der Waals surface area contributed by atoms with Crippen LogP contribution in [0.15, 0.2) is 22.7 Å². The number of amides is 1. The minimum absolute atomic E-state index is 0.0595. The number of carbonyl (C=O) groups excluding carboxylic acids is 1. The van der Waals surface area contributed by atoms with E-state index >= 15 is 0 Å². The van der Waals surface area contributed by atoms with Gasteiger partial charge in [0, 0.05) is 28.5 Å². The van der Waals surface area contributed by atoms with Gasteiger partial charge < -0.3 is 4.90 Å². The molecule has 0 spiro atoms. The lowest BCUT2D eigenvalue weighted by molar-refractivity contribution is 0.0609. The lowest BCUT2D eigenvalue weighted by atomic mass is 9.99. The summed E-state index contributed by atoms with van der Waals surface area (Å²) in [6.07, 6.45) is 4.14. The number of benzene rings is 1. The van der Waals surface area contributed by atoms with E-state index < -0.39 is 0 Å². The van der Waals surface area contributed by atoms with Gasteiger partial charge in [-0.2, -0.15) is 0 Å². The number of carbonyl (C=O) groups is 1. The molecule has 0 saturated carbocycles. The lowest BCUT2D eigenvalue weighted by Gasteiger charge is -2.35. The van der Waals surface area contributed by atoms with Crippen molar-refractivity contribution in [3.63, 3.8) is 0 Å². The molecule has 1 aromatic carbocycles. The summed E-state index contributed by atoms with van der Waals surface area (Å²) in [6.45, 7) is 0.814. The Kier molecular flexibility index (Phi) is 5.55. The average Bonchev–Trinajstić information content (AvgIpc) is 2.42. The molecule has 2 rings (SSSR count). The molecule has 1 atom stereocenters. The smallest absolute Gasteiger partial charge is 0.254 e. The van der Waals surface area contributed by atoms with Gasteiger partial charge >= 0.3 is 0 Å². The molecule has 104 valence electrons. The van der Waals surface area contributed by atoms with Crippen LogP contribution in [-0.2, 0) is 0 Å². The van der Waals surface area contributed by atoms with E-state index in [1.54, 1.807) is 6.07 Å². The minimum Gasteiger partial charge on any atom is -0.336 e. The van der Waals surface area contributed by atoms with Crippen LogP contribution in [0.2, 0.25) is 5.02 Å². The number of alkyl halides is 1. The number of hydrogen-bond donors (Lipinski definition) is 0. The van der Waals surface area contributed by atoms with Gasteiger partial charge in [-0.3, -0.25) is 4.79 Å². The fourth-order valence-electron chi connectivity index (χ4n) is 2.49. The second-order valence-corrected chi connectivity index (χ2v) is 6.39. The highest BCUT2D eigenvalue weighted by Gasteiger charge is 2.27. The molecule has 0 N–H and O–H groups in total. The topological polar surface area (TPSA) is 20.3 Å². The van der Waals surface area contributed by atoms with Gasteiger partial charge in [-0.05, 0) is 59.8 Å². The molecule has 1 aliphatic heterocycles. The standard InChI is InChI=1S/C14H16BrCl2NO/c15-12-5-4-10(9-13(12)17)14(19)18-8-2-1-3-11(18)6-7-16/h4-5,9,11H,1-3,6-8H2. The number of halogens is 3. The van der Waals surface area contributed by atoms with E-state index in [1.165, 1.54) is 6.42 Å². The zero-order chi connectivity index (χ0) is 13.8. The first-order chi connectivity index (χ1) is 9.13. The largest absolute Gasteiger partial charge is 0.336 e. The quantitative estimate of drug-likeness (QED) is 0.710. The Morgan fingerprint density at radius 2 is 2.21 bits per heavy atom. The van der Waals surface area contributed by atoms with Crippen LogP contribution < -0.4 is 0 Å². The Morgan fingerprint density at radius 3 is 2.89 bits per heavy atom. The van der Waals surface area contributed by atoms with Gasteiger partial charge in [-0.25, -0.2) is 0 Å². The first kappa shape index (κ1) is 15.1. The van der Waals surface area contributed by atoms with E-state index in [9.17, 15) is 4.79 Å². The first-order valence-corrected chi connectivity index (χ1v) is 8.16. The summed E-state index contributed by atoms with van der Waals surface area (Å²) in [5.41, 5.74) is 0.648. The maximum atomic E-state index is 12.6. The predicted octanol–water partition coefficient (Wildman–Crippen LogP) is 4.73. The third-order valence-corrected chi connectivity index (χ3v) is 4.95. The number of likely N-dealkylation sites (tertiary alicyclic amines) is 1. The predicted molar refractivity (Wildman–Crippen MR) is 83.2 cm³/mol. The van der Waals surface area contributed by atoms with Gasteiger partial charge in [0.15, 0.2) is 0 Å². The molecule has 1 amide bonds. The van der Waals surface area contributed by atoms with E-state index in [4.69, 9.17) is 23.2 Å². The van der Waals surface area contributed by atoms with Gasteiger partial charge in [-0.1, -0.05) is 11.6 Å². The van der Waals surface area contributed by atoms with Gasteiger partial charge in [-0.15, -0.1) is 11.6 Å². The van der Waals surface area contributed by atoms with Crippen molar-refractivity contribution in [1.82, 2.24) is 4.90 Å². The number of rotatable bonds is 3. The third kappa shape index (κ3) is 3.65. The van der Waals surface area contributed by atoms with Crippen LogP contribution in [0.1, 0.15) is 36.0 Å². The third-order valence-electron chi connectivity index (χ3n) is 3.50. The monoisotopic (exact) mass is 363 g/mol. The van der Waals surface area contributed by atoms with Crippen molar-refractivity contribution in [1.29, 1.82) is 0 Å². The molecule has 1 unspecified atom stereocenters. The molecule has 1 fully saturated rings. The number of hydrogen-bond acceptors (Lipinski definition) is 1. The molecule has 5 heteroatoms. The zero-order valence-electron chi connectivity index (χ0n) is 10.5. The summed E-state index contributed by atoms with van der Waals surface area (Å²) in [5.74, 6) is 0.652. The summed E-state index contributed by atoms with van der Waals surface area (Å²) >= 11 is 15.2. The van der Waals surface area contributed by atoms with Crippen LogP contribution in [0.3, 0.4) is 0 Å². The molecule has 1 aromatic rings. The van der Waals surface area contributed by atoms with Crippen LogP contribution >= 0.6 is 39.1 Å². The van der Waals surface area contributed by atoms with Crippen LogP contribution in [0.4, 0.5) is 0 Å². The van der Waals surface area contributed by atoms with Crippen LogP contribution in [0.25, 0.3) is 0 Å². The molecule has 0 bridgehead atoms. The van der Waals surface area contributed by atoms with Crippen molar-refractivity contribution in [2.24, 2.45) is 0 Å². The molecule has 0 aliphatic carbocycles. The van der Waals surface area contributed by atoms with E-state index in [0.717, 1.165) is 30.3 Å². The normalized spacial score (nSPS) is 19.5. The summed E-state index contributed by atoms with van der Waals surface area (Å²) in [4.78, 5) is 14.5. The maximum Gasteiger partial charge on any atom is 0.254 e. The van der Waals surface area contributed by atoms with Gasteiger partial charge in [0.25, 0.3) is 5.91 Å². The van der Waals surface area contributed by atoms with Crippen LogP contribution in [0.5, 0.6) is 0 Å². The Balaban J connectivity index is 2.18. The van der Waals surface area contributed by atoms with E-state index in [1.807, 2.05) is 17.0 Å². The van der Waals surface area contributed by atoms with Crippen LogP contribution in [0, 0.1) is 0 Å². The maximum absolute atomic E-state index is 12.6. The second-order valence-electron chi connectivity index (χ2n) is 4.75. The van der Waals surface area contributed by atoms with E-state index in [2.05, 4.69) is 15.9 Å². The van der Waals surface area contributed by atoms with Crippen molar-refractivity contribution in [3.05, 3.63) is 33.3 Å². The summed E-state index contributed by atoms with van der Waals surface area (Å²) in [7, 11) is 0. The molecule has 19 heavy (non-hydrogen) atoms. The number of nitrogens with zero attached hydrogens (tertiary/aromatic N) is 1. The summed E-state index contributed by atoms with van der Waals surface area (Å²) < 4.78 is 0.807. The fraction of sp³-hybridized carbons (Fsp3) is 0.500. The van der Waals surface area contributed by atoms with Gasteiger partial charge in [0.1, 0.15) is 0 Å². The molecule has 2 nitrogen and oxygen atoms in total. The highest BCUT2D eigenvalue weighted by Crippen LogP contribution is 2.26. The van der Waals surface area contributed by atoms with Crippen molar-refractivity contribution < 1.29 is 4.79 Å². The SMILES string of the molecule is O=C(c1ccc(Br)c(Cl)c1)N1CCCCC1CCCl. The van der Waals surface area contributed by atoms with Crippen molar-refractivity contribution >= 4 is 45.0 Å². The molecule has 1 aliphatic rings. The van der Waals surface area contributed by atoms with Crippen molar-refractivity contribution in [2.75, 3.05) is 12.4 Å². The Labute approximate surface area is 132 Å². The molecule has 0 aromatic heterocycles. The Bertz CT molecular complexity index is 465. The van der Waals surface area contributed by atoms with Crippen LogP contribution in [-0.4, -0.2) is 29.3 Å². The number of piperidine rings is 1.